The summed E-state index contributed by atoms with van der Waals surface area (Å²) in [5.74, 6) is -1.34. The summed E-state index contributed by atoms with van der Waals surface area (Å²) in [6.07, 6.45) is 1.21. The number of methoxy groups -OCH3 is 1. The number of nitrogens with one attached hydrogen (secondary N) is 1. The van der Waals surface area contributed by atoms with E-state index >= 15 is 0 Å². The Kier molecular flexibility index (Phi) is 4.02. The second-order valence-corrected chi connectivity index (χ2v) is 6.50. The minimum Gasteiger partial charge on any atom is -0.468 e. The van der Waals surface area contributed by atoms with Crippen molar-refractivity contribution >= 4 is 26.9 Å². The number of H-pyrrole nitrogens is 1. The van der Waals surface area contributed by atoms with Gasteiger partial charge in [-0.15, -0.1) is 0 Å². The molecule has 1 aromatic carbocycles. The highest BCUT2D eigenvalue weighted by Crippen LogP contribution is 2.28. The number of hydrogen-bond donors (Lipinski definition) is 1. The number of carbonyl (C=O) groups excluding carboxylic acids is 1. The largest absolute Gasteiger partial charge is 0.468 e. The van der Waals surface area contributed by atoms with Gasteiger partial charge in [-0.3, -0.25) is 4.79 Å². The third kappa shape index (κ3) is 2.52. The minimum absolute atomic E-state index is 0.0265. The van der Waals surface area contributed by atoms with E-state index in [2.05, 4.69) is 9.72 Å². The summed E-state index contributed by atoms with van der Waals surface area (Å²) in [4.78, 5) is 14.0. The predicted molar refractivity (Wildman–Crippen MR) is 74.7 cm³/mol. The molecule has 0 aliphatic rings. The Morgan fingerprint density at radius 1 is 1.43 bits per heavy atom. The Hall–Kier alpha value is -1.93. The van der Waals surface area contributed by atoms with Gasteiger partial charge in [0.25, 0.3) is 0 Å². The van der Waals surface area contributed by atoms with Crippen LogP contribution in [0.1, 0.15) is 6.92 Å². The number of rotatable bonds is 4. The van der Waals surface area contributed by atoms with Crippen molar-refractivity contribution in [3.8, 4) is 0 Å². The van der Waals surface area contributed by atoms with Crippen molar-refractivity contribution in [3.05, 3.63) is 30.2 Å². The van der Waals surface area contributed by atoms with Crippen molar-refractivity contribution in [2.75, 3.05) is 14.2 Å². The molecule has 1 heterocycles. The fraction of sp³-hybridized carbons (Fsp3) is 0.308. The Bertz CT molecular complexity index is 785. The van der Waals surface area contributed by atoms with E-state index in [1.165, 1.54) is 39.4 Å². The molecule has 8 heteroatoms. The van der Waals surface area contributed by atoms with Crippen LogP contribution in [0.2, 0.25) is 0 Å². The summed E-state index contributed by atoms with van der Waals surface area (Å²) < 4.78 is 44.4. The number of aromatic nitrogens is 1. The van der Waals surface area contributed by atoms with E-state index in [-0.39, 0.29) is 10.3 Å². The van der Waals surface area contributed by atoms with E-state index < -0.39 is 27.9 Å². The van der Waals surface area contributed by atoms with Gasteiger partial charge in [-0.25, -0.2) is 12.8 Å². The molecule has 1 N–H and O–H groups in total. The van der Waals surface area contributed by atoms with Crippen LogP contribution < -0.4 is 0 Å². The molecule has 1 aromatic heterocycles. The average Bonchev–Trinajstić information content (AvgIpc) is 2.90. The predicted octanol–water partition coefficient (Wildman–Crippen LogP) is 1.49. The van der Waals surface area contributed by atoms with E-state index in [0.29, 0.717) is 5.52 Å². The summed E-state index contributed by atoms with van der Waals surface area (Å²) in [5.41, 5.74) is 0.368. The summed E-state index contributed by atoms with van der Waals surface area (Å²) in [5, 5.41) is -0.0265. The van der Waals surface area contributed by atoms with Crippen LogP contribution in [0.5, 0.6) is 0 Å². The number of benzene rings is 1. The molecule has 2 rings (SSSR count). The molecule has 1 unspecified atom stereocenters. The van der Waals surface area contributed by atoms with Crippen molar-refractivity contribution in [1.29, 1.82) is 0 Å². The van der Waals surface area contributed by atoms with Crippen molar-refractivity contribution in [2.45, 2.75) is 17.9 Å². The van der Waals surface area contributed by atoms with Gasteiger partial charge in [0.05, 0.1) is 12.5 Å². The van der Waals surface area contributed by atoms with Gasteiger partial charge in [-0.1, -0.05) is 6.07 Å². The number of aromatic amines is 1. The molecule has 0 spiro atoms. The average molecular weight is 314 g/mol. The molecule has 0 saturated heterocycles. The highest BCUT2D eigenvalue weighted by molar-refractivity contribution is 7.89. The zero-order valence-corrected chi connectivity index (χ0v) is 12.6. The number of fused-ring (bicyclic) bond motifs is 1. The van der Waals surface area contributed by atoms with Crippen LogP contribution in [-0.4, -0.2) is 43.9 Å². The number of halogens is 1. The van der Waals surface area contributed by atoms with Crippen LogP contribution in [0, 0.1) is 5.82 Å². The molecule has 0 saturated carbocycles. The molecule has 2 aromatic rings. The first-order valence-corrected chi connectivity index (χ1v) is 7.56. The second kappa shape index (κ2) is 5.45. The van der Waals surface area contributed by atoms with Gasteiger partial charge in [-0.2, -0.15) is 4.31 Å². The molecule has 0 amide bonds. The van der Waals surface area contributed by atoms with Crippen molar-refractivity contribution in [3.63, 3.8) is 0 Å². The minimum atomic E-state index is -4.04. The summed E-state index contributed by atoms with van der Waals surface area (Å²) in [6, 6.07) is 3.21. The van der Waals surface area contributed by atoms with Crippen molar-refractivity contribution in [1.82, 2.24) is 9.29 Å². The van der Waals surface area contributed by atoms with E-state index in [1.807, 2.05) is 0 Å². The molecule has 6 nitrogen and oxygen atoms in total. The number of ether oxygens (including phenoxy) is 1. The number of hydrogen-bond acceptors (Lipinski definition) is 4. The Morgan fingerprint density at radius 3 is 2.71 bits per heavy atom. The first-order chi connectivity index (χ1) is 9.80. The zero-order valence-electron chi connectivity index (χ0n) is 11.8. The molecule has 114 valence electrons. The summed E-state index contributed by atoms with van der Waals surface area (Å²) >= 11 is 0. The Balaban J connectivity index is 2.55. The van der Waals surface area contributed by atoms with Gasteiger partial charge < -0.3 is 9.72 Å². The number of carbonyl (C=O) groups is 1. The van der Waals surface area contributed by atoms with Crippen LogP contribution in [0.15, 0.2) is 29.3 Å². The Labute approximate surface area is 121 Å². The monoisotopic (exact) mass is 314 g/mol. The lowest BCUT2D eigenvalue weighted by atomic mass is 10.2. The fourth-order valence-electron chi connectivity index (χ4n) is 2.00. The maximum Gasteiger partial charge on any atom is 0.323 e. The molecule has 0 fully saturated rings. The van der Waals surface area contributed by atoms with Gasteiger partial charge in [0.2, 0.25) is 10.0 Å². The molecular formula is C13H15FN2O4S. The molecular weight excluding hydrogens is 299 g/mol. The maximum atomic E-state index is 13.9. The fourth-order valence-corrected chi connectivity index (χ4v) is 3.48. The molecule has 21 heavy (non-hydrogen) atoms. The van der Waals surface area contributed by atoms with E-state index in [4.69, 9.17) is 0 Å². The smallest absolute Gasteiger partial charge is 0.323 e. The molecule has 1 atom stereocenters. The third-order valence-electron chi connectivity index (χ3n) is 3.36. The zero-order chi connectivity index (χ0) is 15.8. The normalized spacial score (nSPS) is 13.6. The van der Waals surface area contributed by atoms with Crippen LogP contribution >= 0.6 is 0 Å². The van der Waals surface area contributed by atoms with E-state index in [0.717, 1.165) is 4.31 Å². The number of sulfonamides is 1. The van der Waals surface area contributed by atoms with Crippen LogP contribution in [0.4, 0.5) is 4.39 Å². The lowest BCUT2D eigenvalue weighted by molar-refractivity contribution is -0.144. The van der Waals surface area contributed by atoms with E-state index in [9.17, 15) is 17.6 Å². The van der Waals surface area contributed by atoms with Gasteiger partial charge in [0.15, 0.2) is 0 Å². The quantitative estimate of drug-likeness (QED) is 0.867. The van der Waals surface area contributed by atoms with Gasteiger partial charge in [0.1, 0.15) is 16.8 Å². The standard InChI is InChI=1S/C13H15FN2O4S/c1-8(13(17)20-3)16(2)21(18,19)11-7-15-10-6-4-5-9(14)12(10)11/h4-8,15H,1-3H3. The summed E-state index contributed by atoms with van der Waals surface area (Å²) in [6.45, 7) is 1.40. The molecule has 0 aliphatic heterocycles. The highest BCUT2D eigenvalue weighted by Gasteiger charge is 2.32. The SMILES string of the molecule is COC(=O)C(C)N(C)S(=O)(=O)c1c[nH]c2cccc(F)c12. The maximum absolute atomic E-state index is 13.9. The van der Waals surface area contributed by atoms with Gasteiger partial charge >= 0.3 is 5.97 Å². The van der Waals surface area contributed by atoms with Crippen molar-refractivity contribution < 1.29 is 22.3 Å². The number of nitrogens with zero attached hydrogens (tertiary/aromatic N) is 1. The third-order valence-corrected chi connectivity index (χ3v) is 5.32. The lowest BCUT2D eigenvalue weighted by Crippen LogP contribution is -2.40. The Morgan fingerprint density at radius 2 is 2.10 bits per heavy atom. The van der Waals surface area contributed by atoms with Crippen LogP contribution in [0.25, 0.3) is 10.9 Å². The van der Waals surface area contributed by atoms with Crippen molar-refractivity contribution in [2.24, 2.45) is 0 Å². The molecule has 0 bridgehead atoms. The lowest BCUT2D eigenvalue weighted by Gasteiger charge is -2.21. The first-order valence-electron chi connectivity index (χ1n) is 6.12. The second-order valence-electron chi connectivity index (χ2n) is 4.54. The van der Waals surface area contributed by atoms with E-state index in [1.54, 1.807) is 6.07 Å². The van der Waals surface area contributed by atoms with Gasteiger partial charge in [-0.05, 0) is 19.1 Å². The molecule has 0 radical (unpaired) electrons. The highest BCUT2D eigenvalue weighted by atomic mass is 32.2. The number of esters is 1. The number of likely N-dealkylation sites (N-methyl/N-ethyl adjacent to an activating group) is 1. The van der Waals surface area contributed by atoms with Crippen LogP contribution in [-0.2, 0) is 19.6 Å². The molecule has 0 aliphatic carbocycles. The summed E-state index contributed by atoms with van der Waals surface area (Å²) in [7, 11) is -1.62. The van der Waals surface area contributed by atoms with Crippen LogP contribution in [0.3, 0.4) is 0 Å². The van der Waals surface area contributed by atoms with Gasteiger partial charge in [0, 0.05) is 18.8 Å². The first kappa shape index (κ1) is 15.5. The topological polar surface area (TPSA) is 79.5 Å².